The number of carbonyl (C=O) groups is 1. The fourth-order valence-corrected chi connectivity index (χ4v) is 4.16. The number of hydrogen-bond donors (Lipinski definition) is 2. The van der Waals surface area contributed by atoms with Gasteiger partial charge in [-0.25, -0.2) is 0 Å². The normalized spacial score (nSPS) is 10.8. The van der Waals surface area contributed by atoms with Crippen molar-refractivity contribution >= 4 is 50.6 Å². The van der Waals surface area contributed by atoms with E-state index in [1.165, 1.54) is 11.7 Å². The minimum Gasteiger partial charge on any atom is -0.497 e. The standard InChI is InChI=1S/C24H20BrN3O4S/c1-31-17-7-9-19(21(12-17)32-2)26-22(29)15-6-8-18-20(11-15)27-24(33)28(23(18)30)13-14-4-3-5-16(25)10-14/h3-12H,13H2,1-2H3,(H,26,29)(H,27,33). The zero-order chi connectivity index (χ0) is 23.5. The van der Waals surface area contributed by atoms with Crippen LogP contribution in [0.5, 0.6) is 11.5 Å². The number of aromatic nitrogens is 2. The Morgan fingerprint density at radius 1 is 1.09 bits per heavy atom. The lowest BCUT2D eigenvalue weighted by molar-refractivity contribution is 0.102. The number of halogens is 1. The first-order chi connectivity index (χ1) is 15.9. The van der Waals surface area contributed by atoms with Crippen molar-refractivity contribution in [2.75, 3.05) is 19.5 Å². The molecule has 0 bridgehead atoms. The summed E-state index contributed by atoms with van der Waals surface area (Å²) in [5.41, 5.74) is 2.08. The molecule has 3 aromatic carbocycles. The predicted molar refractivity (Wildman–Crippen MR) is 134 cm³/mol. The van der Waals surface area contributed by atoms with Gasteiger partial charge in [0.2, 0.25) is 0 Å². The number of methoxy groups -OCH3 is 2. The zero-order valence-electron chi connectivity index (χ0n) is 17.8. The number of nitrogens with zero attached hydrogens (tertiary/aromatic N) is 1. The van der Waals surface area contributed by atoms with Gasteiger partial charge in [0.05, 0.1) is 37.4 Å². The molecular formula is C24H20BrN3O4S. The van der Waals surface area contributed by atoms with E-state index in [4.69, 9.17) is 21.7 Å². The Bertz CT molecular complexity index is 1480. The average molecular weight is 526 g/mol. The van der Waals surface area contributed by atoms with Gasteiger partial charge >= 0.3 is 0 Å². The van der Waals surface area contributed by atoms with E-state index >= 15 is 0 Å². The summed E-state index contributed by atoms with van der Waals surface area (Å²) >= 11 is 8.88. The molecule has 0 aliphatic rings. The van der Waals surface area contributed by atoms with E-state index in [0.29, 0.717) is 40.2 Å². The van der Waals surface area contributed by atoms with Crippen LogP contribution in [0, 0.1) is 4.77 Å². The Labute approximate surface area is 203 Å². The summed E-state index contributed by atoms with van der Waals surface area (Å²) in [5.74, 6) is 0.735. The number of anilines is 1. The van der Waals surface area contributed by atoms with E-state index in [1.807, 2.05) is 24.3 Å². The van der Waals surface area contributed by atoms with Crippen LogP contribution >= 0.6 is 28.1 Å². The van der Waals surface area contributed by atoms with Gasteiger partial charge in [-0.3, -0.25) is 14.2 Å². The quantitative estimate of drug-likeness (QED) is 0.340. The van der Waals surface area contributed by atoms with Crippen LogP contribution in [0.25, 0.3) is 10.9 Å². The van der Waals surface area contributed by atoms with Crippen molar-refractivity contribution in [3.63, 3.8) is 0 Å². The van der Waals surface area contributed by atoms with Crippen molar-refractivity contribution in [2.45, 2.75) is 6.54 Å². The Morgan fingerprint density at radius 3 is 2.64 bits per heavy atom. The summed E-state index contributed by atoms with van der Waals surface area (Å²) < 4.78 is 13.2. The van der Waals surface area contributed by atoms with Crippen LogP contribution in [0.4, 0.5) is 5.69 Å². The topological polar surface area (TPSA) is 85.4 Å². The van der Waals surface area contributed by atoms with Crippen molar-refractivity contribution < 1.29 is 14.3 Å². The van der Waals surface area contributed by atoms with Gasteiger partial charge in [-0.1, -0.05) is 28.1 Å². The zero-order valence-corrected chi connectivity index (χ0v) is 20.2. The minimum atomic E-state index is -0.349. The second kappa shape index (κ2) is 9.60. The lowest BCUT2D eigenvalue weighted by atomic mass is 10.1. The van der Waals surface area contributed by atoms with Crippen LogP contribution in [0.2, 0.25) is 0 Å². The van der Waals surface area contributed by atoms with Crippen molar-refractivity contribution in [3.05, 3.63) is 91.4 Å². The molecule has 0 aliphatic carbocycles. The van der Waals surface area contributed by atoms with E-state index in [2.05, 4.69) is 26.2 Å². The van der Waals surface area contributed by atoms with Crippen LogP contribution in [-0.2, 0) is 6.54 Å². The molecule has 0 atom stereocenters. The third kappa shape index (κ3) is 4.84. The van der Waals surface area contributed by atoms with Gasteiger partial charge in [-0.05, 0) is 60.2 Å². The second-order valence-electron chi connectivity index (χ2n) is 7.23. The molecular weight excluding hydrogens is 506 g/mol. The summed E-state index contributed by atoms with van der Waals surface area (Å²) in [6.07, 6.45) is 0. The smallest absolute Gasteiger partial charge is 0.262 e. The third-order valence-corrected chi connectivity index (χ3v) is 5.95. The number of carbonyl (C=O) groups excluding carboxylic acids is 1. The van der Waals surface area contributed by atoms with Crippen LogP contribution in [0.15, 0.2) is 69.9 Å². The van der Waals surface area contributed by atoms with Gasteiger partial charge in [0, 0.05) is 16.1 Å². The first-order valence-electron chi connectivity index (χ1n) is 9.94. The van der Waals surface area contributed by atoms with Crippen molar-refractivity contribution in [1.82, 2.24) is 9.55 Å². The summed E-state index contributed by atoms with van der Waals surface area (Å²) in [5, 5.41) is 3.27. The number of aromatic amines is 1. The number of rotatable bonds is 6. The highest BCUT2D eigenvalue weighted by Crippen LogP contribution is 2.29. The number of amides is 1. The molecule has 4 aromatic rings. The molecule has 1 heterocycles. The molecule has 0 saturated carbocycles. The van der Waals surface area contributed by atoms with E-state index in [0.717, 1.165) is 10.0 Å². The highest BCUT2D eigenvalue weighted by Gasteiger charge is 2.13. The minimum absolute atomic E-state index is 0.225. The van der Waals surface area contributed by atoms with Crippen molar-refractivity contribution in [1.29, 1.82) is 0 Å². The van der Waals surface area contributed by atoms with Gasteiger partial charge in [0.1, 0.15) is 11.5 Å². The Balaban J connectivity index is 1.65. The third-order valence-electron chi connectivity index (χ3n) is 5.13. The fraction of sp³-hybridized carbons (Fsp3) is 0.125. The largest absolute Gasteiger partial charge is 0.497 e. The van der Waals surface area contributed by atoms with Gasteiger partial charge in [-0.2, -0.15) is 0 Å². The summed E-state index contributed by atoms with van der Waals surface area (Å²) in [4.78, 5) is 29.0. The maximum atomic E-state index is 13.1. The van der Waals surface area contributed by atoms with Crippen molar-refractivity contribution in [2.24, 2.45) is 0 Å². The highest BCUT2D eigenvalue weighted by atomic mass is 79.9. The van der Waals surface area contributed by atoms with Crippen LogP contribution in [0.1, 0.15) is 15.9 Å². The predicted octanol–water partition coefficient (Wildman–Crippen LogP) is 5.14. The van der Waals surface area contributed by atoms with E-state index in [1.54, 1.807) is 43.5 Å². The van der Waals surface area contributed by atoms with Gasteiger partial charge in [0.25, 0.3) is 11.5 Å². The molecule has 33 heavy (non-hydrogen) atoms. The monoisotopic (exact) mass is 525 g/mol. The molecule has 0 unspecified atom stereocenters. The number of H-pyrrole nitrogens is 1. The van der Waals surface area contributed by atoms with Crippen LogP contribution in [0.3, 0.4) is 0 Å². The molecule has 0 fully saturated rings. The highest BCUT2D eigenvalue weighted by molar-refractivity contribution is 9.10. The SMILES string of the molecule is COc1ccc(NC(=O)c2ccc3c(=O)n(Cc4cccc(Br)c4)c(=S)[nH]c3c2)c(OC)c1. The molecule has 1 amide bonds. The van der Waals surface area contributed by atoms with Crippen LogP contribution in [-0.4, -0.2) is 29.7 Å². The van der Waals surface area contributed by atoms with E-state index < -0.39 is 0 Å². The Kier molecular flexibility index (Phi) is 6.62. The summed E-state index contributed by atoms with van der Waals surface area (Å²) in [6, 6.07) is 17.6. The maximum absolute atomic E-state index is 13.1. The number of ether oxygens (including phenoxy) is 2. The molecule has 2 N–H and O–H groups in total. The van der Waals surface area contributed by atoms with Gasteiger partial charge in [-0.15, -0.1) is 0 Å². The molecule has 0 radical (unpaired) electrons. The molecule has 0 saturated heterocycles. The molecule has 168 valence electrons. The average Bonchev–Trinajstić information content (AvgIpc) is 2.81. The molecule has 0 aliphatic heterocycles. The molecule has 7 nitrogen and oxygen atoms in total. The number of nitrogens with one attached hydrogen (secondary N) is 2. The lowest BCUT2D eigenvalue weighted by Crippen LogP contribution is -2.23. The second-order valence-corrected chi connectivity index (χ2v) is 8.53. The molecule has 9 heteroatoms. The van der Waals surface area contributed by atoms with Crippen molar-refractivity contribution in [3.8, 4) is 11.5 Å². The summed E-state index contributed by atoms with van der Waals surface area (Å²) in [6.45, 7) is 0.336. The first kappa shape index (κ1) is 22.8. The van der Waals surface area contributed by atoms with Crippen LogP contribution < -0.4 is 20.3 Å². The number of hydrogen-bond acceptors (Lipinski definition) is 5. The van der Waals surface area contributed by atoms with Gasteiger partial charge in [0.15, 0.2) is 4.77 Å². The molecule has 4 rings (SSSR count). The Hall–Kier alpha value is -3.43. The number of fused-ring (bicyclic) bond motifs is 1. The molecule has 1 aromatic heterocycles. The maximum Gasteiger partial charge on any atom is 0.262 e. The lowest BCUT2D eigenvalue weighted by Gasteiger charge is -2.12. The summed E-state index contributed by atoms with van der Waals surface area (Å²) in [7, 11) is 3.07. The molecule has 0 spiro atoms. The Morgan fingerprint density at radius 2 is 1.91 bits per heavy atom. The van der Waals surface area contributed by atoms with E-state index in [-0.39, 0.29) is 16.2 Å². The fourth-order valence-electron chi connectivity index (χ4n) is 3.45. The van der Waals surface area contributed by atoms with E-state index in [9.17, 15) is 9.59 Å². The first-order valence-corrected chi connectivity index (χ1v) is 11.1. The van der Waals surface area contributed by atoms with Gasteiger partial charge < -0.3 is 19.8 Å². The number of benzene rings is 3.